The first-order chi connectivity index (χ1) is 23.0. The number of hydrogen-bond acceptors (Lipinski definition) is 8. The van der Waals surface area contributed by atoms with Gasteiger partial charge in [-0.1, -0.05) is 24.3 Å². The summed E-state index contributed by atoms with van der Waals surface area (Å²) in [6.45, 7) is 8.95. The Morgan fingerprint density at radius 1 is 0.979 bits per heavy atom. The van der Waals surface area contributed by atoms with Crippen molar-refractivity contribution >= 4 is 33.6 Å². The van der Waals surface area contributed by atoms with Gasteiger partial charge in [-0.15, -0.1) is 0 Å². The fourth-order valence-corrected chi connectivity index (χ4v) is 8.37. The van der Waals surface area contributed by atoms with Crippen molar-refractivity contribution in [1.29, 1.82) is 0 Å². The minimum atomic E-state index is -1.06. The molecule has 0 saturated carbocycles. The lowest BCUT2D eigenvalue weighted by molar-refractivity contribution is 0.0122. The molecule has 12 heteroatoms. The van der Waals surface area contributed by atoms with Gasteiger partial charge in [0.2, 0.25) is 0 Å². The van der Waals surface area contributed by atoms with Crippen LogP contribution in [0.5, 0.6) is 6.01 Å². The number of piperazine rings is 1. The number of carbonyl (C=O) groups excluding carboxylic acids is 1. The number of fused-ring (bicyclic) bond motifs is 5. The van der Waals surface area contributed by atoms with E-state index >= 15 is 8.78 Å². The summed E-state index contributed by atoms with van der Waals surface area (Å²) in [5.41, 5.74) is -0.719. The second-order valence-corrected chi connectivity index (χ2v) is 14.7. The highest BCUT2D eigenvalue weighted by Gasteiger charge is 2.46. The van der Waals surface area contributed by atoms with Crippen LogP contribution in [-0.2, 0) is 4.74 Å². The summed E-state index contributed by atoms with van der Waals surface area (Å²) in [6.07, 6.45) is 7.03. The van der Waals surface area contributed by atoms with Crippen LogP contribution >= 0.6 is 0 Å². The maximum atomic E-state index is 16.8. The monoisotopic (exact) mass is 660 g/mol. The molecule has 2 bridgehead atoms. The lowest BCUT2D eigenvalue weighted by Gasteiger charge is -2.42. The Bertz CT molecular complexity index is 1910. The van der Waals surface area contributed by atoms with Crippen molar-refractivity contribution in [2.24, 2.45) is 0 Å². The van der Waals surface area contributed by atoms with E-state index in [1.54, 1.807) is 12.1 Å². The van der Waals surface area contributed by atoms with Gasteiger partial charge < -0.3 is 14.4 Å². The molecule has 2 atom stereocenters. The standard InChI is InChI=1S/C36H39F3N6O3/c1-35(2,3)48-34(46)45-22-10-11-23(45)19-43(18-22)32-25-17-40-30(24-8-4-7-21-9-12-26(37)28(38)27(21)24)29(39)31(25)41-33(42-32)47-20-36-13-5-15-44(36)16-6-14-36/h4,7-9,12,17,22-23H,5-6,10-11,13-16,18-20H2,1-3H3/t22-,23?/m0/s1. The zero-order valence-corrected chi connectivity index (χ0v) is 27.4. The first kappa shape index (κ1) is 31.1. The van der Waals surface area contributed by atoms with Crippen LogP contribution in [0.15, 0.2) is 36.5 Å². The van der Waals surface area contributed by atoms with E-state index in [2.05, 4.69) is 19.8 Å². The summed E-state index contributed by atoms with van der Waals surface area (Å²) in [6, 6.07) is 7.19. The number of anilines is 1. The first-order valence-corrected chi connectivity index (χ1v) is 16.9. The Labute approximate surface area is 277 Å². The molecule has 0 spiro atoms. The van der Waals surface area contributed by atoms with Crippen LogP contribution < -0.4 is 9.64 Å². The minimum Gasteiger partial charge on any atom is -0.461 e. The van der Waals surface area contributed by atoms with Crippen LogP contribution in [0.2, 0.25) is 0 Å². The van der Waals surface area contributed by atoms with E-state index in [1.807, 2.05) is 25.7 Å². The number of ether oxygens (including phenoxy) is 2. The highest BCUT2D eigenvalue weighted by Crippen LogP contribution is 2.41. The summed E-state index contributed by atoms with van der Waals surface area (Å²) in [4.78, 5) is 33.5. The molecule has 0 N–H and O–H groups in total. The number of carbonyl (C=O) groups is 1. The molecular weight excluding hydrogens is 621 g/mol. The Morgan fingerprint density at radius 2 is 1.71 bits per heavy atom. The maximum Gasteiger partial charge on any atom is 0.410 e. The topological polar surface area (TPSA) is 83.9 Å². The second kappa shape index (κ2) is 11.5. The quantitative estimate of drug-likeness (QED) is 0.230. The van der Waals surface area contributed by atoms with Gasteiger partial charge in [-0.05, 0) is 83.8 Å². The Morgan fingerprint density at radius 3 is 2.42 bits per heavy atom. The number of aromatic nitrogens is 3. The Balaban J connectivity index is 1.21. The van der Waals surface area contributed by atoms with Gasteiger partial charge in [0, 0.05) is 30.2 Å². The van der Waals surface area contributed by atoms with Crippen LogP contribution in [0.25, 0.3) is 32.9 Å². The number of amides is 1. The fraction of sp³-hybridized carbons (Fsp3) is 0.500. The van der Waals surface area contributed by atoms with Gasteiger partial charge in [-0.2, -0.15) is 9.97 Å². The SMILES string of the molecule is CC(C)(C)OC(=O)N1C2CC[C@H]1CN(c1nc(OCC34CCCN3CCC4)nc3c(F)c(-c4cccc5ccc(F)c(F)c45)ncc13)C2. The van der Waals surface area contributed by atoms with Crippen LogP contribution in [0.3, 0.4) is 0 Å². The minimum absolute atomic E-state index is 0.0112. The van der Waals surface area contributed by atoms with Crippen molar-refractivity contribution in [2.45, 2.75) is 82.5 Å². The molecule has 6 heterocycles. The van der Waals surface area contributed by atoms with Gasteiger partial charge in [-0.3, -0.25) is 14.8 Å². The summed E-state index contributed by atoms with van der Waals surface area (Å²) in [5, 5.41) is 0.753. The van der Waals surface area contributed by atoms with Crippen molar-refractivity contribution in [3.05, 3.63) is 54.0 Å². The van der Waals surface area contributed by atoms with Crippen molar-refractivity contribution in [2.75, 3.05) is 37.7 Å². The lowest BCUT2D eigenvalue weighted by atomic mass is 9.95. The van der Waals surface area contributed by atoms with E-state index < -0.39 is 23.1 Å². The average Bonchev–Trinajstić information content (AvgIpc) is 3.71. The first-order valence-electron chi connectivity index (χ1n) is 16.9. The third-order valence-corrected chi connectivity index (χ3v) is 10.5. The highest BCUT2D eigenvalue weighted by molar-refractivity contribution is 5.99. The van der Waals surface area contributed by atoms with Crippen molar-refractivity contribution in [3.63, 3.8) is 0 Å². The molecule has 1 amide bonds. The maximum absolute atomic E-state index is 16.8. The third-order valence-electron chi connectivity index (χ3n) is 10.5. The van der Waals surface area contributed by atoms with E-state index in [0.29, 0.717) is 36.3 Å². The van der Waals surface area contributed by atoms with Crippen LogP contribution in [0.1, 0.15) is 59.3 Å². The van der Waals surface area contributed by atoms with Gasteiger partial charge in [-0.25, -0.2) is 18.0 Å². The van der Waals surface area contributed by atoms with Gasteiger partial charge in [0.05, 0.1) is 23.0 Å². The largest absolute Gasteiger partial charge is 0.461 e. The normalized spacial score (nSPS) is 22.1. The molecule has 4 aliphatic rings. The summed E-state index contributed by atoms with van der Waals surface area (Å²) in [7, 11) is 0. The van der Waals surface area contributed by atoms with Crippen LogP contribution in [0.4, 0.5) is 23.8 Å². The number of benzene rings is 2. The number of pyridine rings is 1. The zero-order valence-electron chi connectivity index (χ0n) is 27.4. The number of rotatable bonds is 5. The van der Waals surface area contributed by atoms with Gasteiger partial charge in [0.25, 0.3) is 0 Å². The van der Waals surface area contributed by atoms with Gasteiger partial charge >= 0.3 is 12.1 Å². The molecule has 48 heavy (non-hydrogen) atoms. The second-order valence-electron chi connectivity index (χ2n) is 14.7. The van der Waals surface area contributed by atoms with E-state index in [4.69, 9.17) is 14.5 Å². The van der Waals surface area contributed by atoms with E-state index in [-0.39, 0.29) is 51.9 Å². The summed E-state index contributed by atoms with van der Waals surface area (Å²) >= 11 is 0. The molecule has 4 aliphatic heterocycles. The van der Waals surface area contributed by atoms with E-state index in [0.717, 1.165) is 57.7 Å². The van der Waals surface area contributed by atoms with Crippen molar-refractivity contribution in [3.8, 4) is 17.3 Å². The van der Waals surface area contributed by atoms with Crippen LogP contribution in [0, 0.1) is 17.5 Å². The Kier molecular flexibility index (Phi) is 7.43. The van der Waals surface area contributed by atoms with Gasteiger partial charge in [0.15, 0.2) is 17.5 Å². The molecule has 0 radical (unpaired) electrons. The van der Waals surface area contributed by atoms with E-state index in [1.165, 1.54) is 18.3 Å². The molecular formula is C36H39F3N6O3. The predicted octanol–water partition coefficient (Wildman–Crippen LogP) is 6.86. The smallest absolute Gasteiger partial charge is 0.410 e. The molecule has 1 unspecified atom stereocenters. The molecule has 2 aromatic carbocycles. The third kappa shape index (κ3) is 5.19. The lowest BCUT2D eigenvalue weighted by Crippen LogP contribution is -2.57. The summed E-state index contributed by atoms with van der Waals surface area (Å²) in [5.74, 6) is -2.39. The fourth-order valence-electron chi connectivity index (χ4n) is 8.37. The molecule has 4 fully saturated rings. The Hall–Kier alpha value is -4.19. The number of nitrogens with zero attached hydrogens (tertiary/aromatic N) is 6. The number of halogens is 3. The van der Waals surface area contributed by atoms with Crippen molar-refractivity contribution < 1.29 is 27.4 Å². The van der Waals surface area contributed by atoms with Crippen LogP contribution in [-0.4, -0.2) is 86.9 Å². The molecule has 0 aliphatic carbocycles. The molecule has 8 rings (SSSR count). The average molecular weight is 661 g/mol. The highest BCUT2D eigenvalue weighted by atomic mass is 19.2. The van der Waals surface area contributed by atoms with Crippen molar-refractivity contribution in [1.82, 2.24) is 24.8 Å². The summed E-state index contributed by atoms with van der Waals surface area (Å²) < 4.78 is 58.4. The molecule has 2 aromatic heterocycles. The molecule has 252 valence electrons. The predicted molar refractivity (Wildman–Crippen MR) is 176 cm³/mol. The zero-order chi connectivity index (χ0) is 33.4. The van der Waals surface area contributed by atoms with Gasteiger partial charge in [0.1, 0.15) is 29.2 Å². The molecule has 4 saturated heterocycles. The van der Waals surface area contributed by atoms with E-state index in [9.17, 15) is 9.18 Å². The molecule has 9 nitrogen and oxygen atoms in total. The molecule has 4 aromatic rings. The number of hydrogen-bond donors (Lipinski definition) is 0.